The molecule has 1 aliphatic carbocycles. The third-order valence-corrected chi connectivity index (χ3v) is 8.08. The van der Waals surface area contributed by atoms with Crippen molar-refractivity contribution >= 4 is 22.8 Å². The lowest BCUT2D eigenvalue weighted by molar-refractivity contribution is -0.127. The van der Waals surface area contributed by atoms with Gasteiger partial charge in [-0.3, -0.25) is 9.69 Å². The van der Waals surface area contributed by atoms with Gasteiger partial charge in [0.15, 0.2) is 0 Å². The fourth-order valence-electron chi connectivity index (χ4n) is 5.84. The number of benzene rings is 2. The molecule has 40 heavy (non-hydrogen) atoms. The summed E-state index contributed by atoms with van der Waals surface area (Å²) < 4.78 is 8.27. The number of rotatable bonds is 8. The van der Waals surface area contributed by atoms with Gasteiger partial charge in [0.05, 0.1) is 11.4 Å². The average Bonchev–Trinajstić information content (AvgIpc) is 3.78. The number of likely N-dealkylation sites (N-methyl/N-ethyl adjacent to an activating group) is 1. The third-order valence-electron chi connectivity index (χ3n) is 8.08. The molecule has 2 aliphatic rings. The second-order valence-electron chi connectivity index (χ2n) is 10.9. The van der Waals surface area contributed by atoms with Crippen LogP contribution in [-0.2, 0) is 4.79 Å². The number of para-hydroxylation sites is 1. The number of ether oxygens (including phenoxy) is 1. The maximum absolute atomic E-state index is 13.1. The smallest absolute Gasteiger partial charge is 0.246 e. The van der Waals surface area contributed by atoms with E-state index in [-0.39, 0.29) is 11.9 Å². The molecule has 2 aromatic heterocycles. The van der Waals surface area contributed by atoms with Crippen LogP contribution in [0, 0.1) is 6.92 Å². The summed E-state index contributed by atoms with van der Waals surface area (Å²) in [6.07, 6.45) is 9.70. The first kappa shape index (κ1) is 26.1. The van der Waals surface area contributed by atoms with E-state index in [2.05, 4.69) is 45.5 Å². The first-order valence-electron chi connectivity index (χ1n) is 14.1. The number of fused-ring (bicyclic) bond motifs is 1. The van der Waals surface area contributed by atoms with Gasteiger partial charge >= 0.3 is 0 Å². The molecular weight excluding hydrogens is 500 g/mol. The fraction of sp³-hybridized carbons (Fsp3) is 0.344. The first-order chi connectivity index (χ1) is 19.5. The van der Waals surface area contributed by atoms with E-state index in [9.17, 15) is 4.79 Å². The summed E-state index contributed by atoms with van der Waals surface area (Å²) in [6, 6.07) is 18.6. The van der Waals surface area contributed by atoms with E-state index in [0.717, 1.165) is 65.3 Å². The lowest BCUT2D eigenvalue weighted by Gasteiger charge is -2.34. The van der Waals surface area contributed by atoms with E-state index in [1.54, 1.807) is 6.08 Å². The number of hydrogen-bond donors (Lipinski definition) is 1. The van der Waals surface area contributed by atoms with Crippen molar-refractivity contribution in [2.75, 3.05) is 32.4 Å². The van der Waals surface area contributed by atoms with E-state index in [1.165, 1.54) is 19.2 Å². The van der Waals surface area contributed by atoms with Crippen LogP contribution in [-0.4, -0.2) is 63.0 Å². The maximum Gasteiger partial charge on any atom is 0.246 e. The standard InChI is InChI=1S/C32H36N6O2/c1-22-29(23-12-16-27(17-13-23)40-26-9-4-3-5-10-26)30-31(33)34-21-35-32(30)38(22)25-8-6-19-37(20-25)28(39)11-7-18-36(2)24-14-15-24/h3-5,7,9-13,16-17,21,24-25H,6,8,14-15,18-20H2,1-2H3,(H2,33,34,35)/b11-7+/t25-/m1/s1. The van der Waals surface area contributed by atoms with Gasteiger partial charge in [-0.2, -0.15) is 0 Å². The van der Waals surface area contributed by atoms with Crippen LogP contribution < -0.4 is 10.5 Å². The molecule has 0 spiro atoms. The predicted octanol–water partition coefficient (Wildman–Crippen LogP) is 5.60. The van der Waals surface area contributed by atoms with Crippen molar-refractivity contribution in [1.29, 1.82) is 0 Å². The number of hydrogen-bond acceptors (Lipinski definition) is 6. The molecule has 0 bridgehead atoms. The molecule has 1 atom stereocenters. The zero-order chi connectivity index (χ0) is 27.6. The zero-order valence-corrected chi connectivity index (χ0v) is 23.2. The number of anilines is 1. The van der Waals surface area contributed by atoms with Crippen LogP contribution in [0.4, 0.5) is 5.82 Å². The zero-order valence-electron chi connectivity index (χ0n) is 23.2. The second-order valence-corrected chi connectivity index (χ2v) is 10.9. The molecule has 8 heteroatoms. The number of nitrogen functional groups attached to an aromatic ring is 1. The van der Waals surface area contributed by atoms with Crippen LogP contribution in [0.25, 0.3) is 22.2 Å². The Kier molecular flexibility index (Phi) is 7.26. The van der Waals surface area contributed by atoms with Gasteiger partial charge in [-0.25, -0.2) is 9.97 Å². The monoisotopic (exact) mass is 536 g/mol. The molecular formula is C32H36N6O2. The number of carbonyl (C=O) groups is 1. The number of nitrogens with two attached hydrogens (primary N) is 1. The Labute approximate surface area is 235 Å². The number of piperidine rings is 1. The summed E-state index contributed by atoms with van der Waals surface area (Å²) in [4.78, 5) is 26.4. The Morgan fingerprint density at radius 1 is 1.07 bits per heavy atom. The molecule has 1 amide bonds. The van der Waals surface area contributed by atoms with Crippen LogP contribution in [0.1, 0.15) is 37.4 Å². The molecule has 6 rings (SSSR count). The normalized spacial score (nSPS) is 17.7. The molecule has 1 aliphatic heterocycles. The number of carbonyl (C=O) groups excluding carboxylic acids is 1. The predicted molar refractivity (Wildman–Crippen MR) is 158 cm³/mol. The van der Waals surface area contributed by atoms with E-state index in [0.29, 0.717) is 18.4 Å². The average molecular weight is 537 g/mol. The molecule has 3 heterocycles. The highest BCUT2D eigenvalue weighted by molar-refractivity contribution is 6.02. The largest absolute Gasteiger partial charge is 0.457 e. The SMILES string of the molecule is Cc1c(-c2ccc(Oc3ccccc3)cc2)c2c(N)ncnc2n1[C@@H]1CCCN(C(=O)/C=C/CN(C)C2CC2)C1. The molecule has 0 radical (unpaired) electrons. The van der Waals surface area contributed by atoms with Crippen molar-refractivity contribution in [2.45, 2.75) is 44.7 Å². The third kappa shape index (κ3) is 5.31. The number of likely N-dealkylation sites (tertiary alicyclic amines) is 1. The van der Waals surface area contributed by atoms with Gasteiger partial charge in [-0.05, 0) is 69.5 Å². The van der Waals surface area contributed by atoms with Crippen molar-refractivity contribution in [2.24, 2.45) is 0 Å². The van der Waals surface area contributed by atoms with Gasteiger partial charge in [-0.15, -0.1) is 0 Å². The van der Waals surface area contributed by atoms with Gasteiger partial charge in [0, 0.05) is 43.0 Å². The molecule has 2 N–H and O–H groups in total. The lowest BCUT2D eigenvalue weighted by atomic mass is 10.0. The van der Waals surface area contributed by atoms with Crippen molar-refractivity contribution < 1.29 is 9.53 Å². The van der Waals surface area contributed by atoms with Crippen LogP contribution in [0.5, 0.6) is 11.5 Å². The summed E-state index contributed by atoms with van der Waals surface area (Å²) in [6.45, 7) is 4.33. The molecule has 8 nitrogen and oxygen atoms in total. The molecule has 1 saturated heterocycles. The van der Waals surface area contributed by atoms with Gasteiger partial charge in [-0.1, -0.05) is 36.4 Å². The minimum absolute atomic E-state index is 0.0754. The van der Waals surface area contributed by atoms with E-state index >= 15 is 0 Å². The Bertz CT molecular complexity index is 1520. The summed E-state index contributed by atoms with van der Waals surface area (Å²) in [5, 5.41) is 0.850. The van der Waals surface area contributed by atoms with Crippen LogP contribution in [0.2, 0.25) is 0 Å². The molecule has 1 saturated carbocycles. The first-order valence-corrected chi connectivity index (χ1v) is 14.1. The minimum atomic E-state index is 0.0754. The van der Waals surface area contributed by atoms with Gasteiger partial charge in [0.2, 0.25) is 5.91 Å². The summed E-state index contributed by atoms with van der Waals surface area (Å²) in [5.74, 6) is 2.09. The maximum atomic E-state index is 13.1. The highest BCUT2D eigenvalue weighted by atomic mass is 16.5. The molecule has 4 aromatic rings. The number of aromatic nitrogens is 3. The van der Waals surface area contributed by atoms with Gasteiger partial charge in [0.25, 0.3) is 0 Å². The Morgan fingerprint density at radius 2 is 1.82 bits per heavy atom. The Morgan fingerprint density at radius 3 is 2.58 bits per heavy atom. The Balaban J connectivity index is 1.27. The van der Waals surface area contributed by atoms with Crippen molar-refractivity contribution in [3.63, 3.8) is 0 Å². The molecule has 2 fully saturated rings. The quantitative estimate of drug-likeness (QED) is 0.295. The molecule has 2 aromatic carbocycles. The van der Waals surface area contributed by atoms with Crippen LogP contribution >= 0.6 is 0 Å². The number of nitrogens with zero attached hydrogens (tertiary/aromatic N) is 5. The highest BCUT2D eigenvalue weighted by Gasteiger charge is 2.29. The number of amides is 1. The van der Waals surface area contributed by atoms with Crippen molar-refractivity contribution in [3.05, 3.63) is 78.8 Å². The van der Waals surface area contributed by atoms with Gasteiger partial charge in [0.1, 0.15) is 29.3 Å². The van der Waals surface area contributed by atoms with Crippen molar-refractivity contribution in [3.8, 4) is 22.6 Å². The van der Waals surface area contributed by atoms with E-state index < -0.39 is 0 Å². The lowest BCUT2D eigenvalue weighted by Crippen LogP contribution is -2.40. The van der Waals surface area contributed by atoms with Crippen LogP contribution in [0.3, 0.4) is 0 Å². The van der Waals surface area contributed by atoms with E-state index in [4.69, 9.17) is 10.5 Å². The molecule has 206 valence electrons. The van der Waals surface area contributed by atoms with Gasteiger partial charge < -0.3 is 19.9 Å². The van der Waals surface area contributed by atoms with Crippen molar-refractivity contribution in [1.82, 2.24) is 24.3 Å². The molecule has 0 unspecified atom stereocenters. The highest BCUT2D eigenvalue weighted by Crippen LogP contribution is 2.40. The summed E-state index contributed by atoms with van der Waals surface area (Å²) in [5.41, 5.74) is 10.4. The summed E-state index contributed by atoms with van der Waals surface area (Å²) in [7, 11) is 2.12. The minimum Gasteiger partial charge on any atom is -0.457 e. The van der Waals surface area contributed by atoms with Crippen LogP contribution in [0.15, 0.2) is 73.1 Å². The second kappa shape index (κ2) is 11.1. The summed E-state index contributed by atoms with van der Waals surface area (Å²) >= 11 is 0. The Hall–Kier alpha value is -4.17. The topological polar surface area (TPSA) is 89.5 Å². The fourth-order valence-corrected chi connectivity index (χ4v) is 5.84. The van der Waals surface area contributed by atoms with E-state index in [1.807, 2.05) is 53.4 Å².